The molecule has 0 aromatic heterocycles. The fourth-order valence-electron chi connectivity index (χ4n) is 3.18. The van der Waals surface area contributed by atoms with E-state index in [0.29, 0.717) is 31.0 Å². The van der Waals surface area contributed by atoms with E-state index in [-0.39, 0.29) is 18.0 Å². The predicted molar refractivity (Wildman–Crippen MR) is 91.9 cm³/mol. The van der Waals surface area contributed by atoms with Gasteiger partial charge in [0.25, 0.3) is 5.91 Å². The second-order valence-electron chi connectivity index (χ2n) is 6.02. The van der Waals surface area contributed by atoms with Gasteiger partial charge in [0.15, 0.2) is 0 Å². The Hall–Kier alpha value is -3.02. The Labute approximate surface area is 145 Å². The van der Waals surface area contributed by atoms with E-state index in [0.717, 1.165) is 17.7 Å². The Bertz CT molecular complexity index is 821. The van der Waals surface area contributed by atoms with Gasteiger partial charge in [-0.15, -0.1) is 0 Å². The number of ether oxygens (including phenoxy) is 2. The smallest absolute Gasteiger partial charge is 0.414 e. The van der Waals surface area contributed by atoms with Crippen LogP contribution in [0.25, 0.3) is 0 Å². The second kappa shape index (κ2) is 6.47. The molecule has 0 bridgehead atoms. The molecule has 6 nitrogen and oxygen atoms in total. The number of carbonyl (C=O) groups excluding carboxylic acids is 2. The number of benzene rings is 2. The third-order valence-corrected chi connectivity index (χ3v) is 4.44. The molecule has 0 radical (unpaired) electrons. The number of nitrogens with zero attached hydrogens (tertiary/aromatic N) is 1. The first-order valence-electron chi connectivity index (χ1n) is 8.29. The maximum absolute atomic E-state index is 12.7. The van der Waals surface area contributed by atoms with Gasteiger partial charge in [-0.25, -0.2) is 4.79 Å². The lowest BCUT2D eigenvalue weighted by molar-refractivity contribution is 0.0924. The van der Waals surface area contributed by atoms with E-state index in [1.165, 1.54) is 4.90 Å². The molecular formula is C19H18N2O4. The van der Waals surface area contributed by atoms with Crippen molar-refractivity contribution >= 4 is 17.7 Å². The Morgan fingerprint density at radius 2 is 1.96 bits per heavy atom. The molecule has 2 aliphatic rings. The first kappa shape index (κ1) is 15.5. The Balaban J connectivity index is 1.53. The molecular weight excluding hydrogens is 320 g/mol. The van der Waals surface area contributed by atoms with Crippen LogP contribution in [0, 0.1) is 0 Å². The SMILES string of the molecule is O=C(N[C@@H]1CCOc2ccccc21)c1cccc(N2CCOC2=O)c1. The van der Waals surface area contributed by atoms with Crippen LogP contribution in [0.15, 0.2) is 48.5 Å². The predicted octanol–water partition coefficient (Wildman–Crippen LogP) is 2.90. The summed E-state index contributed by atoms with van der Waals surface area (Å²) < 4.78 is 10.6. The normalized spacial score (nSPS) is 19.0. The van der Waals surface area contributed by atoms with E-state index in [1.807, 2.05) is 24.3 Å². The molecule has 1 N–H and O–H groups in total. The van der Waals surface area contributed by atoms with Crippen molar-refractivity contribution in [2.75, 3.05) is 24.7 Å². The van der Waals surface area contributed by atoms with Crippen LogP contribution in [0.3, 0.4) is 0 Å². The van der Waals surface area contributed by atoms with E-state index < -0.39 is 0 Å². The standard InChI is InChI=1S/C19H18N2O4/c22-18(20-16-8-10-24-17-7-2-1-6-15(16)17)13-4-3-5-14(12-13)21-9-11-25-19(21)23/h1-7,12,16H,8-11H2,(H,20,22)/t16-/m1/s1. The zero-order valence-corrected chi connectivity index (χ0v) is 13.6. The highest BCUT2D eigenvalue weighted by Gasteiger charge is 2.26. The summed E-state index contributed by atoms with van der Waals surface area (Å²) in [6, 6.07) is 14.7. The number of hydrogen-bond donors (Lipinski definition) is 1. The maximum atomic E-state index is 12.7. The first-order chi connectivity index (χ1) is 12.2. The van der Waals surface area contributed by atoms with Crippen molar-refractivity contribution in [3.8, 4) is 5.75 Å². The monoisotopic (exact) mass is 338 g/mol. The minimum absolute atomic E-state index is 0.0853. The number of para-hydroxylation sites is 1. The average Bonchev–Trinajstić information content (AvgIpc) is 3.08. The highest BCUT2D eigenvalue weighted by atomic mass is 16.6. The van der Waals surface area contributed by atoms with Gasteiger partial charge in [0.1, 0.15) is 12.4 Å². The lowest BCUT2D eigenvalue weighted by atomic mass is 10.00. The van der Waals surface area contributed by atoms with Crippen LogP contribution in [-0.2, 0) is 4.74 Å². The Kier molecular flexibility index (Phi) is 4.01. The van der Waals surface area contributed by atoms with Crippen LogP contribution in [0.1, 0.15) is 28.4 Å². The van der Waals surface area contributed by atoms with Gasteiger partial charge in [-0.1, -0.05) is 24.3 Å². The molecule has 2 amide bonds. The van der Waals surface area contributed by atoms with Crippen LogP contribution in [0.4, 0.5) is 10.5 Å². The molecule has 6 heteroatoms. The number of fused-ring (bicyclic) bond motifs is 1. The highest BCUT2D eigenvalue weighted by Crippen LogP contribution is 2.31. The van der Waals surface area contributed by atoms with E-state index >= 15 is 0 Å². The molecule has 0 aliphatic carbocycles. The molecule has 1 atom stereocenters. The van der Waals surface area contributed by atoms with E-state index in [4.69, 9.17) is 9.47 Å². The van der Waals surface area contributed by atoms with Crippen molar-refractivity contribution in [1.29, 1.82) is 0 Å². The molecule has 25 heavy (non-hydrogen) atoms. The quantitative estimate of drug-likeness (QED) is 0.934. The summed E-state index contributed by atoms with van der Waals surface area (Å²) in [5, 5.41) is 3.07. The van der Waals surface area contributed by atoms with Crippen LogP contribution in [-0.4, -0.2) is 31.8 Å². The number of anilines is 1. The Morgan fingerprint density at radius 3 is 2.80 bits per heavy atom. The molecule has 2 heterocycles. The van der Waals surface area contributed by atoms with Gasteiger partial charge in [-0.2, -0.15) is 0 Å². The summed E-state index contributed by atoms with van der Waals surface area (Å²) in [5.74, 6) is 0.642. The molecule has 2 aliphatic heterocycles. The van der Waals surface area contributed by atoms with Gasteiger partial charge in [-0.05, 0) is 24.3 Å². The third-order valence-electron chi connectivity index (χ3n) is 4.44. The largest absolute Gasteiger partial charge is 0.493 e. The summed E-state index contributed by atoms with van der Waals surface area (Å²) in [6.45, 7) is 1.44. The average molecular weight is 338 g/mol. The zero-order valence-electron chi connectivity index (χ0n) is 13.6. The Morgan fingerprint density at radius 1 is 1.08 bits per heavy atom. The van der Waals surface area contributed by atoms with Gasteiger partial charge in [0, 0.05) is 23.2 Å². The number of nitrogens with one attached hydrogen (secondary N) is 1. The summed E-state index contributed by atoms with van der Waals surface area (Å²) in [5.41, 5.74) is 2.17. The first-order valence-corrected chi connectivity index (χ1v) is 8.29. The van der Waals surface area contributed by atoms with E-state index in [1.54, 1.807) is 24.3 Å². The summed E-state index contributed by atoms with van der Waals surface area (Å²) in [6.07, 6.45) is 0.344. The summed E-state index contributed by atoms with van der Waals surface area (Å²) in [7, 11) is 0. The van der Waals surface area contributed by atoms with Crippen LogP contribution < -0.4 is 15.0 Å². The molecule has 2 aromatic carbocycles. The summed E-state index contributed by atoms with van der Waals surface area (Å²) >= 11 is 0. The van der Waals surface area contributed by atoms with Gasteiger partial charge in [0.05, 0.1) is 19.2 Å². The minimum atomic E-state index is -0.379. The van der Waals surface area contributed by atoms with Gasteiger partial charge >= 0.3 is 6.09 Å². The van der Waals surface area contributed by atoms with Gasteiger partial charge < -0.3 is 14.8 Å². The number of rotatable bonds is 3. The van der Waals surface area contributed by atoms with E-state index in [2.05, 4.69) is 5.32 Å². The zero-order chi connectivity index (χ0) is 17.2. The molecule has 4 rings (SSSR count). The van der Waals surface area contributed by atoms with Crippen molar-refractivity contribution in [3.63, 3.8) is 0 Å². The third kappa shape index (κ3) is 3.03. The van der Waals surface area contributed by atoms with Gasteiger partial charge in [-0.3, -0.25) is 9.69 Å². The van der Waals surface area contributed by atoms with Crippen molar-refractivity contribution in [2.45, 2.75) is 12.5 Å². The molecule has 1 saturated heterocycles. The van der Waals surface area contributed by atoms with Gasteiger partial charge in [0.2, 0.25) is 0 Å². The maximum Gasteiger partial charge on any atom is 0.414 e. The number of cyclic esters (lactones) is 1. The molecule has 0 saturated carbocycles. The number of amides is 2. The molecule has 0 spiro atoms. The number of carbonyl (C=O) groups is 2. The molecule has 2 aromatic rings. The summed E-state index contributed by atoms with van der Waals surface area (Å²) in [4.78, 5) is 25.9. The lowest BCUT2D eigenvalue weighted by Gasteiger charge is -2.26. The van der Waals surface area contributed by atoms with Crippen molar-refractivity contribution in [1.82, 2.24) is 5.32 Å². The van der Waals surface area contributed by atoms with Crippen molar-refractivity contribution in [2.24, 2.45) is 0 Å². The fraction of sp³-hybridized carbons (Fsp3) is 0.263. The number of hydrogen-bond acceptors (Lipinski definition) is 4. The topological polar surface area (TPSA) is 67.9 Å². The molecule has 0 unspecified atom stereocenters. The van der Waals surface area contributed by atoms with Crippen LogP contribution in [0.5, 0.6) is 5.75 Å². The second-order valence-corrected chi connectivity index (χ2v) is 6.02. The van der Waals surface area contributed by atoms with Crippen LogP contribution >= 0.6 is 0 Å². The molecule has 128 valence electrons. The lowest BCUT2D eigenvalue weighted by Crippen LogP contribution is -2.32. The fourth-order valence-corrected chi connectivity index (χ4v) is 3.18. The molecule has 1 fully saturated rings. The van der Waals surface area contributed by atoms with Crippen LogP contribution in [0.2, 0.25) is 0 Å². The highest BCUT2D eigenvalue weighted by molar-refractivity contribution is 5.97. The minimum Gasteiger partial charge on any atom is -0.493 e. The van der Waals surface area contributed by atoms with E-state index in [9.17, 15) is 9.59 Å². The van der Waals surface area contributed by atoms with Crippen molar-refractivity contribution in [3.05, 3.63) is 59.7 Å². The van der Waals surface area contributed by atoms with Crippen molar-refractivity contribution < 1.29 is 19.1 Å².